The molecule has 0 atom stereocenters. The molecule has 0 radical (unpaired) electrons. The number of para-hydroxylation sites is 1. The SMILES string of the molecule is [N-]=[N+]=Nc1nc2ccccc2c(N=[N+]=[N-])c1Cl. The van der Waals surface area contributed by atoms with Crippen molar-refractivity contribution in [3.05, 3.63) is 50.2 Å². The van der Waals surface area contributed by atoms with Gasteiger partial charge in [0, 0.05) is 15.2 Å². The van der Waals surface area contributed by atoms with E-state index in [4.69, 9.17) is 22.7 Å². The predicted molar refractivity (Wildman–Crippen MR) is 64.4 cm³/mol. The average Bonchev–Trinajstić information content (AvgIpc) is 2.35. The summed E-state index contributed by atoms with van der Waals surface area (Å²) in [5.41, 5.74) is 17.6. The standard InChI is InChI=1S/C9H4ClN7/c10-7-8(14-16-11)5-3-1-2-4-6(5)13-9(7)15-17-12/h1-4H. The van der Waals surface area contributed by atoms with Gasteiger partial charge in [-0.05, 0) is 22.2 Å². The fraction of sp³-hybridized carbons (Fsp3) is 0. The molecule has 0 aliphatic carbocycles. The van der Waals surface area contributed by atoms with Crippen LogP contribution in [0.1, 0.15) is 0 Å². The topological polar surface area (TPSA) is 110 Å². The lowest BCUT2D eigenvalue weighted by molar-refractivity contribution is 1.30. The van der Waals surface area contributed by atoms with E-state index in [1.54, 1.807) is 24.3 Å². The van der Waals surface area contributed by atoms with E-state index in [1.807, 2.05) is 0 Å². The second kappa shape index (κ2) is 4.59. The molecule has 17 heavy (non-hydrogen) atoms. The van der Waals surface area contributed by atoms with Gasteiger partial charge < -0.3 is 0 Å². The van der Waals surface area contributed by atoms with Crippen LogP contribution in [-0.2, 0) is 0 Å². The van der Waals surface area contributed by atoms with Crippen molar-refractivity contribution in [2.24, 2.45) is 10.2 Å². The van der Waals surface area contributed by atoms with Crippen molar-refractivity contribution in [3.63, 3.8) is 0 Å². The Balaban J connectivity index is 2.94. The molecule has 0 amide bonds. The second-order valence-corrected chi connectivity index (χ2v) is 3.37. The quantitative estimate of drug-likeness (QED) is 0.423. The number of nitrogens with zero attached hydrogens (tertiary/aromatic N) is 7. The number of hydrogen-bond acceptors (Lipinski definition) is 3. The Bertz CT molecular complexity index is 683. The minimum Gasteiger partial charge on any atom is -0.245 e. The zero-order valence-electron chi connectivity index (χ0n) is 8.32. The first-order chi connectivity index (χ1) is 8.27. The van der Waals surface area contributed by atoms with Crippen molar-refractivity contribution < 1.29 is 0 Å². The Morgan fingerprint density at radius 3 is 2.53 bits per heavy atom. The number of aromatic nitrogens is 1. The molecule has 0 fully saturated rings. The van der Waals surface area contributed by atoms with Crippen LogP contribution >= 0.6 is 11.6 Å². The Morgan fingerprint density at radius 1 is 1.12 bits per heavy atom. The summed E-state index contributed by atoms with van der Waals surface area (Å²) in [5.74, 6) is -0.00438. The Morgan fingerprint density at radius 2 is 1.82 bits per heavy atom. The molecule has 0 aliphatic heterocycles. The largest absolute Gasteiger partial charge is 0.245 e. The van der Waals surface area contributed by atoms with E-state index in [-0.39, 0.29) is 16.5 Å². The lowest BCUT2D eigenvalue weighted by atomic mass is 10.2. The first-order valence-electron chi connectivity index (χ1n) is 4.46. The van der Waals surface area contributed by atoms with E-state index < -0.39 is 0 Å². The molecule has 2 aromatic rings. The Kier molecular flexibility index (Phi) is 2.98. The molecule has 0 aliphatic rings. The third kappa shape index (κ3) is 1.93. The molecule has 0 spiro atoms. The fourth-order valence-electron chi connectivity index (χ4n) is 1.41. The molecule has 1 aromatic carbocycles. The summed E-state index contributed by atoms with van der Waals surface area (Å²) in [5, 5.41) is 7.50. The van der Waals surface area contributed by atoms with Crippen LogP contribution in [-0.4, -0.2) is 4.98 Å². The van der Waals surface area contributed by atoms with Crippen LogP contribution in [0.3, 0.4) is 0 Å². The van der Waals surface area contributed by atoms with Crippen LogP contribution in [0.5, 0.6) is 0 Å². The monoisotopic (exact) mass is 245 g/mol. The maximum absolute atomic E-state index is 8.50. The molecule has 82 valence electrons. The van der Waals surface area contributed by atoms with Crippen LogP contribution < -0.4 is 0 Å². The van der Waals surface area contributed by atoms with Crippen LogP contribution in [0, 0.1) is 0 Å². The lowest BCUT2D eigenvalue weighted by Crippen LogP contribution is -1.81. The highest BCUT2D eigenvalue weighted by Gasteiger charge is 2.10. The van der Waals surface area contributed by atoms with E-state index in [0.29, 0.717) is 10.9 Å². The van der Waals surface area contributed by atoms with Gasteiger partial charge in [0.25, 0.3) is 0 Å². The molecule has 1 heterocycles. The molecule has 1 aromatic heterocycles. The third-order valence-corrected chi connectivity index (χ3v) is 2.42. The van der Waals surface area contributed by atoms with Gasteiger partial charge in [-0.3, -0.25) is 0 Å². The number of hydrogen-bond donors (Lipinski definition) is 0. The summed E-state index contributed by atoms with van der Waals surface area (Å²) in [6, 6.07) is 6.96. The van der Waals surface area contributed by atoms with Gasteiger partial charge in [0.05, 0.1) is 16.2 Å². The summed E-state index contributed by atoms with van der Waals surface area (Å²) in [4.78, 5) is 9.39. The van der Waals surface area contributed by atoms with E-state index in [2.05, 4.69) is 25.0 Å². The van der Waals surface area contributed by atoms with Crippen molar-refractivity contribution in [1.82, 2.24) is 4.98 Å². The van der Waals surface area contributed by atoms with Gasteiger partial charge in [-0.2, -0.15) is 0 Å². The fourth-order valence-corrected chi connectivity index (χ4v) is 1.63. The number of azide groups is 2. The molecule has 0 bridgehead atoms. The van der Waals surface area contributed by atoms with Gasteiger partial charge in [-0.25, -0.2) is 4.98 Å². The number of halogens is 1. The maximum Gasteiger partial charge on any atom is 0.146 e. The summed E-state index contributed by atoms with van der Waals surface area (Å²) < 4.78 is 0. The molecule has 0 unspecified atom stereocenters. The predicted octanol–water partition coefficient (Wildman–Crippen LogP) is 4.77. The second-order valence-electron chi connectivity index (χ2n) is 2.99. The first-order valence-corrected chi connectivity index (χ1v) is 4.84. The zero-order valence-corrected chi connectivity index (χ0v) is 9.07. The van der Waals surface area contributed by atoms with Crippen molar-refractivity contribution >= 4 is 34.0 Å². The molecule has 0 N–H and O–H groups in total. The van der Waals surface area contributed by atoms with Crippen LogP contribution in [0.4, 0.5) is 11.5 Å². The van der Waals surface area contributed by atoms with E-state index >= 15 is 0 Å². The zero-order chi connectivity index (χ0) is 12.3. The van der Waals surface area contributed by atoms with Gasteiger partial charge in [-0.15, -0.1) is 0 Å². The van der Waals surface area contributed by atoms with Crippen LogP contribution in [0.15, 0.2) is 34.5 Å². The van der Waals surface area contributed by atoms with Gasteiger partial charge in [0.15, 0.2) is 0 Å². The summed E-state index contributed by atoms with van der Waals surface area (Å²) in [7, 11) is 0. The highest BCUT2D eigenvalue weighted by molar-refractivity contribution is 6.36. The lowest BCUT2D eigenvalue weighted by Gasteiger charge is -2.05. The number of benzene rings is 1. The maximum atomic E-state index is 8.50. The number of rotatable bonds is 2. The minimum atomic E-state index is -0.00438. The highest BCUT2D eigenvalue weighted by atomic mass is 35.5. The first kappa shape index (κ1) is 11.0. The van der Waals surface area contributed by atoms with Crippen LogP contribution in [0.2, 0.25) is 5.02 Å². The van der Waals surface area contributed by atoms with Crippen molar-refractivity contribution in [1.29, 1.82) is 0 Å². The molecule has 8 heteroatoms. The third-order valence-electron chi connectivity index (χ3n) is 2.07. The molecule has 2 rings (SSSR count). The molecular formula is C9H4ClN7. The summed E-state index contributed by atoms with van der Waals surface area (Å²) in [6.07, 6.45) is 0. The Hall–Kier alpha value is -2.46. The Labute approximate surface area is 99.9 Å². The molecular weight excluding hydrogens is 242 g/mol. The van der Waals surface area contributed by atoms with E-state index in [1.165, 1.54) is 0 Å². The van der Waals surface area contributed by atoms with Crippen molar-refractivity contribution in [2.75, 3.05) is 0 Å². The van der Waals surface area contributed by atoms with Gasteiger partial charge >= 0.3 is 0 Å². The van der Waals surface area contributed by atoms with Crippen molar-refractivity contribution in [3.8, 4) is 0 Å². The average molecular weight is 246 g/mol. The van der Waals surface area contributed by atoms with Gasteiger partial charge in [-0.1, -0.05) is 34.9 Å². The molecule has 0 saturated carbocycles. The van der Waals surface area contributed by atoms with Gasteiger partial charge in [0.2, 0.25) is 0 Å². The summed E-state index contributed by atoms with van der Waals surface area (Å²) >= 11 is 5.95. The number of fused-ring (bicyclic) bond motifs is 1. The van der Waals surface area contributed by atoms with Crippen LogP contribution in [0.25, 0.3) is 31.8 Å². The number of pyridine rings is 1. The summed E-state index contributed by atoms with van der Waals surface area (Å²) in [6.45, 7) is 0. The molecule has 0 saturated heterocycles. The normalized spacial score (nSPS) is 9.47. The van der Waals surface area contributed by atoms with Gasteiger partial charge in [0.1, 0.15) is 5.82 Å². The molecule has 7 nitrogen and oxygen atoms in total. The minimum absolute atomic E-state index is 0.00438. The highest BCUT2D eigenvalue weighted by Crippen LogP contribution is 2.38. The van der Waals surface area contributed by atoms with E-state index in [9.17, 15) is 0 Å². The van der Waals surface area contributed by atoms with Crippen molar-refractivity contribution in [2.45, 2.75) is 0 Å². The van der Waals surface area contributed by atoms with E-state index in [0.717, 1.165) is 0 Å². The smallest absolute Gasteiger partial charge is 0.146 e.